The third kappa shape index (κ3) is 9.47. The van der Waals surface area contributed by atoms with Crippen LogP contribution in [0.5, 0.6) is 0 Å². The lowest BCUT2D eigenvalue weighted by Crippen LogP contribution is -2.53. The number of carbonyl (C=O) groups is 1. The predicted molar refractivity (Wildman–Crippen MR) is 159 cm³/mol. The van der Waals surface area contributed by atoms with Gasteiger partial charge in [-0.2, -0.15) is 0 Å². The summed E-state index contributed by atoms with van der Waals surface area (Å²) in [6, 6.07) is 17.8. The van der Waals surface area contributed by atoms with Crippen LogP contribution < -0.4 is 4.72 Å². The fraction of sp³-hybridized carbons (Fsp3) is 0.500. The van der Waals surface area contributed by atoms with Gasteiger partial charge in [-0.25, -0.2) is 4.79 Å². The second-order valence-electron chi connectivity index (χ2n) is 11.7. The zero-order chi connectivity index (χ0) is 28.0. The van der Waals surface area contributed by atoms with Crippen molar-refractivity contribution in [2.75, 3.05) is 6.54 Å². The van der Waals surface area contributed by atoms with Crippen molar-refractivity contribution in [2.24, 2.45) is 0 Å². The highest BCUT2D eigenvalue weighted by Crippen LogP contribution is 2.36. The van der Waals surface area contributed by atoms with Gasteiger partial charge in [0.05, 0.1) is 11.6 Å². The lowest BCUT2D eigenvalue weighted by atomic mass is 9.82. The predicted octanol–water partition coefficient (Wildman–Crippen LogP) is 8.05. The van der Waals surface area contributed by atoms with E-state index in [1.54, 1.807) is 4.90 Å². The summed E-state index contributed by atoms with van der Waals surface area (Å²) in [7, 11) is 0. The van der Waals surface area contributed by atoms with Gasteiger partial charge in [-0.05, 0) is 91.5 Å². The first-order valence-electron chi connectivity index (χ1n) is 12.7. The second kappa shape index (κ2) is 12.8. The standard InChI is InChI=1S/C30H43BrN2O3S/c1-22(2)21-30(25-13-11-10-12-14-25,32-37(35)29(7,8)9)19-20-33(27(34)36-28(4,5)6)23(3)24-15-17-26(31)18-16-24/h10-18,23,32H,1,19-21H2,2-9H3/t23?,30-,37-/m1/s1. The largest absolute Gasteiger partial charge is 0.598 e. The molecule has 0 aliphatic heterocycles. The Morgan fingerprint density at radius 1 is 1.08 bits per heavy atom. The summed E-state index contributed by atoms with van der Waals surface area (Å²) in [6.07, 6.45) is 0.719. The van der Waals surface area contributed by atoms with Crippen LogP contribution in [0.15, 0.2) is 71.2 Å². The van der Waals surface area contributed by atoms with Gasteiger partial charge in [-0.3, -0.25) is 0 Å². The van der Waals surface area contributed by atoms with Crippen molar-refractivity contribution in [1.82, 2.24) is 9.62 Å². The van der Waals surface area contributed by atoms with E-state index >= 15 is 0 Å². The average Bonchev–Trinajstić information content (AvgIpc) is 2.77. The zero-order valence-corrected chi connectivity index (χ0v) is 26.0. The first-order valence-corrected chi connectivity index (χ1v) is 14.6. The van der Waals surface area contributed by atoms with Crippen LogP contribution in [0.2, 0.25) is 0 Å². The zero-order valence-electron chi connectivity index (χ0n) is 23.6. The Morgan fingerprint density at radius 3 is 2.14 bits per heavy atom. The van der Waals surface area contributed by atoms with Crippen LogP contribution in [-0.2, 0) is 21.6 Å². The van der Waals surface area contributed by atoms with Gasteiger partial charge in [0, 0.05) is 22.4 Å². The molecule has 1 N–H and O–H groups in total. The number of nitrogens with zero attached hydrogens (tertiary/aromatic N) is 1. The molecule has 0 radical (unpaired) electrons. The quantitative estimate of drug-likeness (QED) is 0.224. The van der Waals surface area contributed by atoms with Gasteiger partial charge in [-0.1, -0.05) is 64.0 Å². The molecule has 2 aromatic rings. The van der Waals surface area contributed by atoms with E-state index in [-0.39, 0.29) is 12.1 Å². The second-order valence-corrected chi connectivity index (χ2v) is 14.6. The third-order valence-corrected chi connectivity index (χ3v) is 8.22. The molecule has 0 aromatic heterocycles. The molecule has 0 spiro atoms. The molecular formula is C30H43BrN2O3S. The van der Waals surface area contributed by atoms with Crippen molar-refractivity contribution in [3.63, 3.8) is 0 Å². The fourth-order valence-electron chi connectivity index (χ4n) is 4.08. The van der Waals surface area contributed by atoms with Gasteiger partial charge in [0.2, 0.25) is 0 Å². The van der Waals surface area contributed by atoms with Crippen molar-refractivity contribution in [2.45, 2.75) is 90.2 Å². The molecule has 7 heteroatoms. The van der Waals surface area contributed by atoms with Crippen LogP contribution in [0.25, 0.3) is 0 Å². The molecule has 0 heterocycles. The topological polar surface area (TPSA) is 64.6 Å². The molecule has 204 valence electrons. The molecule has 3 atom stereocenters. The Kier molecular flexibility index (Phi) is 10.9. The maximum atomic E-state index is 13.5. The molecular weight excluding hydrogens is 548 g/mol. The van der Waals surface area contributed by atoms with Crippen LogP contribution >= 0.6 is 15.9 Å². The molecule has 0 aliphatic rings. The molecule has 0 bridgehead atoms. The maximum absolute atomic E-state index is 13.5. The molecule has 0 saturated carbocycles. The lowest BCUT2D eigenvalue weighted by Gasteiger charge is -2.40. The Labute approximate surface area is 235 Å². The summed E-state index contributed by atoms with van der Waals surface area (Å²) < 4.78 is 23.3. The number of carbonyl (C=O) groups excluding carboxylic acids is 1. The van der Waals surface area contributed by atoms with E-state index in [1.165, 1.54) is 0 Å². The summed E-state index contributed by atoms with van der Waals surface area (Å²) in [6.45, 7) is 20.0. The van der Waals surface area contributed by atoms with Crippen LogP contribution in [0.4, 0.5) is 4.79 Å². The molecule has 1 amide bonds. The van der Waals surface area contributed by atoms with Gasteiger partial charge >= 0.3 is 6.09 Å². The normalized spacial score (nSPS) is 15.4. The van der Waals surface area contributed by atoms with E-state index in [9.17, 15) is 9.35 Å². The number of rotatable bonds is 10. The summed E-state index contributed by atoms with van der Waals surface area (Å²) in [4.78, 5) is 15.3. The summed E-state index contributed by atoms with van der Waals surface area (Å²) in [5.41, 5.74) is 1.66. The Morgan fingerprint density at radius 2 is 1.65 bits per heavy atom. The van der Waals surface area contributed by atoms with Gasteiger partial charge in [-0.15, -0.1) is 11.3 Å². The SMILES string of the molecule is C=C(C)C[C@@](CCN(C(=O)OC(C)(C)C)C(C)c1ccc(Br)cc1)(N[S@+]([O-])C(C)(C)C)c1ccccc1. The Hall–Kier alpha value is -1.80. The van der Waals surface area contributed by atoms with Crippen molar-refractivity contribution in [1.29, 1.82) is 0 Å². The summed E-state index contributed by atoms with van der Waals surface area (Å²) in [5.74, 6) is 0. The van der Waals surface area contributed by atoms with Gasteiger partial charge in [0.25, 0.3) is 0 Å². The smallest absolute Gasteiger partial charge is 0.410 e. The van der Waals surface area contributed by atoms with Crippen molar-refractivity contribution in [3.05, 3.63) is 82.3 Å². The molecule has 0 fully saturated rings. The highest BCUT2D eigenvalue weighted by Gasteiger charge is 2.41. The van der Waals surface area contributed by atoms with E-state index in [2.05, 4.69) is 27.2 Å². The van der Waals surface area contributed by atoms with E-state index in [1.807, 2.05) is 110 Å². The maximum Gasteiger partial charge on any atom is 0.410 e. The van der Waals surface area contributed by atoms with Crippen LogP contribution in [0, 0.1) is 0 Å². The molecule has 2 aromatic carbocycles. The fourth-order valence-corrected chi connectivity index (χ4v) is 5.30. The molecule has 37 heavy (non-hydrogen) atoms. The van der Waals surface area contributed by atoms with Crippen LogP contribution in [-0.4, -0.2) is 32.4 Å². The van der Waals surface area contributed by atoms with E-state index in [0.29, 0.717) is 19.4 Å². The molecule has 5 nitrogen and oxygen atoms in total. The third-order valence-electron chi connectivity index (χ3n) is 6.00. The Balaban J connectivity index is 2.52. The number of nitrogens with one attached hydrogen (secondary N) is 1. The van der Waals surface area contributed by atoms with E-state index in [0.717, 1.165) is 21.2 Å². The van der Waals surface area contributed by atoms with Crippen LogP contribution in [0.3, 0.4) is 0 Å². The van der Waals surface area contributed by atoms with E-state index in [4.69, 9.17) is 4.74 Å². The van der Waals surface area contributed by atoms with Crippen molar-refractivity contribution >= 4 is 33.4 Å². The average molecular weight is 592 g/mol. The molecule has 0 saturated heterocycles. The number of ether oxygens (including phenoxy) is 1. The first-order chi connectivity index (χ1) is 17.0. The van der Waals surface area contributed by atoms with Gasteiger partial charge in [0.15, 0.2) is 0 Å². The molecule has 1 unspecified atom stereocenters. The van der Waals surface area contributed by atoms with Crippen LogP contribution in [0.1, 0.15) is 85.4 Å². The van der Waals surface area contributed by atoms with Crippen molar-refractivity contribution < 1.29 is 14.1 Å². The first kappa shape index (κ1) is 31.4. The number of hydrogen-bond donors (Lipinski definition) is 1. The minimum atomic E-state index is -1.35. The lowest BCUT2D eigenvalue weighted by molar-refractivity contribution is 0.0155. The van der Waals surface area contributed by atoms with E-state index < -0.39 is 27.2 Å². The minimum Gasteiger partial charge on any atom is -0.598 e. The molecule has 0 aliphatic carbocycles. The van der Waals surface area contributed by atoms with Gasteiger partial charge < -0.3 is 14.2 Å². The van der Waals surface area contributed by atoms with Crippen molar-refractivity contribution in [3.8, 4) is 0 Å². The molecule has 2 rings (SSSR count). The number of benzene rings is 2. The summed E-state index contributed by atoms with van der Waals surface area (Å²) >= 11 is 2.15. The summed E-state index contributed by atoms with van der Waals surface area (Å²) in [5, 5.41) is 0. The minimum absolute atomic E-state index is 0.227. The highest BCUT2D eigenvalue weighted by molar-refractivity contribution is 9.10. The monoisotopic (exact) mass is 590 g/mol. The number of halogens is 1. The number of amides is 1. The highest BCUT2D eigenvalue weighted by atomic mass is 79.9. The van der Waals surface area contributed by atoms with Gasteiger partial charge in [0.1, 0.15) is 10.3 Å². The number of hydrogen-bond acceptors (Lipinski definition) is 4. The Bertz CT molecular complexity index is 1030.